The SMILES string of the molecule is Cc1cccc2c1-c1c(ccc3oc4ccccc4c13)C2(c1cc(Br)cc(Br)c1)c1cc(Br)cc(Br)c1. The van der Waals surface area contributed by atoms with Crippen LogP contribution in [0.25, 0.3) is 33.1 Å². The van der Waals surface area contributed by atoms with Crippen LogP contribution in [0.1, 0.15) is 27.8 Å². The van der Waals surface area contributed by atoms with Gasteiger partial charge in [-0.15, -0.1) is 0 Å². The summed E-state index contributed by atoms with van der Waals surface area (Å²) in [5.74, 6) is 0. The second-order valence-electron chi connectivity index (χ2n) is 9.52. The fraction of sp³-hybridized carbons (Fsp3) is 0.0625. The van der Waals surface area contributed by atoms with Gasteiger partial charge < -0.3 is 4.42 Å². The van der Waals surface area contributed by atoms with E-state index in [1.54, 1.807) is 0 Å². The van der Waals surface area contributed by atoms with Crippen molar-refractivity contribution in [1.82, 2.24) is 0 Å². The Labute approximate surface area is 248 Å². The lowest BCUT2D eigenvalue weighted by atomic mass is 9.67. The van der Waals surface area contributed by atoms with Gasteiger partial charge in [-0.2, -0.15) is 0 Å². The molecule has 0 saturated heterocycles. The quantitative estimate of drug-likeness (QED) is 0.172. The van der Waals surface area contributed by atoms with Crippen molar-refractivity contribution >= 4 is 85.7 Å². The predicted octanol–water partition coefficient (Wildman–Crippen LogP) is 11.3. The Balaban J connectivity index is 1.76. The van der Waals surface area contributed by atoms with Gasteiger partial charge in [0.15, 0.2) is 0 Å². The van der Waals surface area contributed by atoms with Crippen LogP contribution in [0, 0.1) is 6.92 Å². The molecule has 7 rings (SSSR count). The molecule has 1 nitrogen and oxygen atoms in total. The number of benzene rings is 5. The maximum absolute atomic E-state index is 6.36. The molecule has 1 aromatic heterocycles. The standard InChI is InChI=1S/C32H18Br4O/c1-17-5-4-7-25-29(17)31-26(9-10-28-30(31)24-6-2-3-8-27(24)37-28)32(25,18-11-20(33)15-21(34)12-18)19-13-22(35)16-23(36)14-19/h2-16H,1H3. The summed E-state index contributed by atoms with van der Waals surface area (Å²) in [5.41, 5.74) is 9.98. The zero-order valence-corrected chi connectivity index (χ0v) is 25.9. The molecular formula is C32H18Br4O. The molecule has 1 aliphatic rings. The van der Waals surface area contributed by atoms with Crippen molar-refractivity contribution in [3.05, 3.63) is 137 Å². The first kappa shape index (κ1) is 23.9. The minimum atomic E-state index is -0.540. The molecular weight excluding hydrogens is 720 g/mol. The fourth-order valence-electron chi connectivity index (χ4n) is 6.18. The number of aryl methyl sites for hydroxylation is 1. The van der Waals surface area contributed by atoms with Gasteiger partial charge in [0.25, 0.3) is 0 Å². The Morgan fingerprint density at radius 2 is 1.16 bits per heavy atom. The van der Waals surface area contributed by atoms with Crippen LogP contribution in [0.4, 0.5) is 0 Å². The van der Waals surface area contributed by atoms with Crippen LogP contribution in [-0.4, -0.2) is 0 Å². The van der Waals surface area contributed by atoms with Crippen molar-refractivity contribution < 1.29 is 4.42 Å². The smallest absolute Gasteiger partial charge is 0.136 e. The molecule has 1 heterocycles. The highest BCUT2D eigenvalue weighted by Gasteiger charge is 2.48. The first-order chi connectivity index (χ1) is 17.9. The van der Waals surface area contributed by atoms with Crippen molar-refractivity contribution in [2.24, 2.45) is 0 Å². The minimum absolute atomic E-state index is 0.540. The summed E-state index contributed by atoms with van der Waals surface area (Å²) in [6.45, 7) is 2.22. The topological polar surface area (TPSA) is 13.1 Å². The molecule has 0 saturated carbocycles. The Bertz CT molecular complexity index is 1810. The van der Waals surface area contributed by atoms with Crippen LogP contribution < -0.4 is 0 Å². The second kappa shape index (κ2) is 8.67. The maximum Gasteiger partial charge on any atom is 0.136 e. The van der Waals surface area contributed by atoms with Crippen LogP contribution in [0.3, 0.4) is 0 Å². The molecule has 5 heteroatoms. The van der Waals surface area contributed by atoms with Gasteiger partial charge in [0.2, 0.25) is 0 Å². The number of para-hydroxylation sites is 1. The summed E-state index contributed by atoms with van der Waals surface area (Å²) in [6, 6.07) is 32.6. The average Bonchev–Trinajstić information content (AvgIpc) is 3.37. The zero-order chi connectivity index (χ0) is 25.5. The van der Waals surface area contributed by atoms with E-state index < -0.39 is 5.41 Å². The molecule has 180 valence electrons. The van der Waals surface area contributed by atoms with Gasteiger partial charge in [-0.3, -0.25) is 0 Å². The highest BCUT2D eigenvalue weighted by atomic mass is 79.9. The van der Waals surface area contributed by atoms with E-state index in [0.717, 1.165) is 34.4 Å². The fourth-order valence-corrected chi connectivity index (χ4v) is 8.76. The molecule has 5 aromatic carbocycles. The third-order valence-corrected chi connectivity index (χ3v) is 9.30. The summed E-state index contributed by atoms with van der Waals surface area (Å²) >= 11 is 15.1. The van der Waals surface area contributed by atoms with Crippen molar-refractivity contribution in [1.29, 1.82) is 0 Å². The predicted molar refractivity (Wildman–Crippen MR) is 167 cm³/mol. The molecule has 0 aliphatic heterocycles. The number of halogens is 4. The summed E-state index contributed by atoms with van der Waals surface area (Å²) in [7, 11) is 0. The summed E-state index contributed by atoms with van der Waals surface area (Å²) in [4.78, 5) is 0. The van der Waals surface area contributed by atoms with Crippen LogP contribution in [-0.2, 0) is 5.41 Å². The monoisotopic (exact) mass is 734 g/mol. The molecule has 1 aliphatic carbocycles. The van der Waals surface area contributed by atoms with E-state index in [1.165, 1.54) is 44.3 Å². The van der Waals surface area contributed by atoms with E-state index in [0.29, 0.717) is 0 Å². The van der Waals surface area contributed by atoms with E-state index in [4.69, 9.17) is 4.42 Å². The van der Waals surface area contributed by atoms with Crippen LogP contribution in [0.15, 0.2) is 113 Å². The van der Waals surface area contributed by atoms with Crippen molar-refractivity contribution in [3.63, 3.8) is 0 Å². The van der Waals surface area contributed by atoms with E-state index in [-0.39, 0.29) is 0 Å². The van der Waals surface area contributed by atoms with Gasteiger partial charge >= 0.3 is 0 Å². The van der Waals surface area contributed by atoms with E-state index in [9.17, 15) is 0 Å². The van der Waals surface area contributed by atoms with Gasteiger partial charge in [-0.05, 0) is 94.4 Å². The third-order valence-electron chi connectivity index (χ3n) is 7.47. The Hall–Kier alpha value is -2.18. The number of fused-ring (bicyclic) bond motifs is 7. The van der Waals surface area contributed by atoms with Gasteiger partial charge in [-0.1, -0.05) is 106 Å². The number of rotatable bonds is 2. The summed E-state index contributed by atoms with van der Waals surface area (Å²) in [6.07, 6.45) is 0. The number of furan rings is 1. The van der Waals surface area contributed by atoms with Gasteiger partial charge in [-0.25, -0.2) is 0 Å². The zero-order valence-electron chi connectivity index (χ0n) is 19.6. The first-order valence-corrected chi connectivity index (χ1v) is 15.0. The Morgan fingerprint density at radius 3 is 1.81 bits per heavy atom. The lowest BCUT2D eigenvalue weighted by molar-refractivity contribution is 0.668. The molecule has 0 N–H and O–H groups in total. The van der Waals surface area contributed by atoms with Crippen LogP contribution in [0.5, 0.6) is 0 Å². The van der Waals surface area contributed by atoms with Crippen molar-refractivity contribution in [2.45, 2.75) is 12.3 Å². The number of hydrogen-bond acceptors (Lipinski definition) is 1. The normalized spacial score (nSPS) is 13.8. The molecule has 0 amide bonds. The summed E-state index contributed by atoms with van der Waals surface area (Å²) < 4.78 is 10.5. The largest absolute Gasteiger partial charge is 0.456 e. The molecule has 0 fully saturated rings. The van der Waals surface area contributed by atoms with Gasteiger partial charge in [0, 0.05) is 28.7 Å². The lowest BCUT2D eigenvalue weighted by Gasteiger charge is -2.34. The molecule has 0 bridgehead atoms. The minimum Gasteiger partial charge on any atom is -0.456 e. The second-order valence-corrected chi connectivity index (χ2v) is 13.2. The maximum atomic E-state index is 6.36. The Kier molecular flexibility index (Phi) is 5.60. The molecule has 0 atom stereocenters. The van der Waals surface area contributed by atoms with Gasteiger partial charge in [0.05, 0.1) is 5.41 Å². The van der Waals surface area contributed by atoms with E-state index in [2.05, 4.69) is 156 Å². The van der Waals surface area contributed by atoms with E-state index in [1.807, 2.05) is 6.07 Å². The van der Waals surface area contributed by atoms with Crippen molar-refractivity contribution in [3.8, 4) is 11.1 Å². The highest BCUT2D eigenvalue weighted by molar-refractivity contribution is 9.11. The molecule has 0 radical (unpaired) electrons. The average molecular weight is 738 g/mol. The highest BCUT2D eigenvalue weighted by Crippen LogP contribution is 2.60. The molecule has 0 spiro atoms. The number of hydrogen-bond donors (Lipinski definition) is 0. The van der Waals surface area contributed by atoms with Crippen LogP contribution >= 0.6 is 63.7 Å². The van der Waals surface area contributed by atoms with Gasteiger partial charge in [0.1, 0.15) is 11.2 Å². The van der Waals surface area contributed by atoms with Crippen LogP contribution in [0.2, 0.25) is 0 Å². The molecule has 6 aromatic rings. The summed E-state index contributed by atoms with van der Waals surface area (Å²) in [5, 5.41) is 2.32. The molecule has 37 heavy (non-hydrogen) atoms. The molecule has 0 unspecified atom stereocenters. The Morgan fingerprint density at radius 1 is 0.568 bits per heavy atom. The van der Waals surface area contributed by atoms with Crippen molar-refractivity contribution in [2.75, 3.05) is 0 Å². The van der Waals surface area contributed by atoms with E-state index >= 15 is 0 Å². The first-order valence-electron chi connectivity index (χ1n) is 11.9. The lowest BCUT2D eigenvalue weighted by Crippen LogP contribution is -2.28. The third kappa shape index (κ3) is 3.44.